The Labute approximate surface area is 137 Å². The van der Waals surface area contributed by atoms with E-state index in [-0.39, 0.29) is 0 Å². The van der Waals surface area contributed by atoms with Crippen LogP contribution in [-0.2, 0) is 6.61 Å². The van der Waals surface area contributed by atoms with Gasteiger partial charge in [-0.3, -0.25) is 0 Å². The molecule has 0 aliphatic carbocycles. The minimum atomic E-state index is 0.326. The maximum atomic E-state index is 10.1. The second kappa shape index (κ2) is 5.93. The molecule has 3 aromatic carbocycles. The van der Waals surface area contributed by atoms with Gasteiger partial charge in [-0.25, -0.2) is 0 Å². The Kier molecular flexibility index (Phi) is 4.01. The fourth-order valence-electron chi connectivity index (χ4n) is 2.29. The number of benzene rings is 3. The van der Waals surface area contributed by atoms with Gasteiger partial charge in [0.25, 0.3) is 0 Å². The van der Waals surface area contributed by atoms with E-state index in [0.717, 1.165) is 27.6 Å². The van der Waals surface area contributed by atoms with Crippen molar-refractivity contribution in [1.29, 1.82) is 0 Å². The summed E-state index contributed by atoms with van der Waals surface area (Å²) in [6.07, 6.45) is 0. The minimum absolute atomic E-state index is 0.326. The van der Waals surface area contributed by atoms with Crippen LogP contribution in [0.5, 0.6) is 11.5 Å². The van der Waals surface area contributed by atoms with Crippen molar-refractivity contribution in [2.75, 3.05) is 0 Å². The largest absolute Gasteiger partial charge is 0.507 e. The van der Waals surface area contributed by atoms with Crippen LogP contribution in [0.4, 0.5) is 0 Å². The average Bonchev–Trinajstić information content (AvgIpc) is 2.50. The second-order valence-corrected chi connectivity index (χ2v) is 6.24. The summed E-state index contributed by atoms with van der Waals surface area (Å²) in [5.74, 6) is 1.12. The molecule has 0 radical (unpaired) electrons. The number of hydrogen-bond donors (Lipinski definition) is 1. The Morgan fingerprint density at radius 2 is 1.71 bits per heavy atom. The molecule has 2 nitrogen and oxygen atoms in total. The highest BCUT2D eigenvalue weighted by atomic mass is 127. The Balaban J connectivity index is 1.90. The van der Waals surface area contributed by atoms with E-state index < -0.39 is 0 Å². The van der Waals surface area contributed by atoms with Gasteiger partial charge in [-0.15, -0.1) is 0 Å². The number of ether oxygens (including phenoxy) is 1. The molecule has 0 saturated heterocycles. The molecule has 0 atom stereocenters. The van der Waals surface area contributed by atoms with Crippen LogP contribution in [0.25, 0.3) is 10.8 Å². The summed E-state index contributed by atoms with van der Waals surface area (Å²) in [6.45, 7) is 2.42. The molecule has 0 bridgehead atoms. The van der Waals surface area contributed by atoms with Crippen LogP contribution in [-0.4, -0.2) is 5.11 Å². The van der Waals surface area contributed by atoms with E-state index in [4.69, 9.17) is 4.74 Å². The van der Waals surface area contributed by atoms with E-state index in [1.54, 1.807) is 0 Å². The number of phenolic OH excluding ortho intramolecular Hbond substituents is 1. The molecule has 21 heavy (non-hydrogen) atoms. The zero-order valence-electron chi connectivity index (χ0n) is 11.6. The molecule has 3 rings (SSSR count). The summed E-state index contributed by atoms with van der Waals surface area (Å²) in [6, 6.07) is 17.9. The lowest BCUT2D eigenvalue weighted by Crippen LogP contribution is -1.96. The van der Waals surface area contributed by atoms with Gasteiger partial charge in [-0.05, 0) is 58.8 Å². The number of aryl methyl sites for hydroxylation is 1. The first-order chi connectivity index (χ1) is 10.1. The van der Waals surface area contributed by atoms with E-state index in [1.807, 2.05) is 37.3 Å². The Morgan fingerprint density at radius 1 is 0.952 bits per heavy atom. The number of aromatic hydroxyl groups is 1. The first-order valence-corrected chi connectivity index (χ1v) is 7.81. The van der Waals surface area contributed by atoms with E-state index in [1.165, 1.54) is 3.57 Å². The topological polar surface area (TPSA) is 29.5 Å². The molecule has 3 heteroatoms. The fourth-order valence-corrected chi connectivity index (χ4v) is 2.65. The van der Waals surface area contributed by atoms with Crippen LogP contribution in [0, 0.1) is 10.5 Å². The van der Waals surface area contributed by atoms with Gasteiger partial charge in [0, 0.05) is 14.3 Å². The molecule has 0 amide bonds. The smallest absolute Gasteiger partial charge is 0.127 e. The summed E-state index contributed by atoms with van der Waals surface area (Å²) in [5.41, 5.74) is 2.00. The molecule has 106 valence electrons. The number of halogens is 1. The molecule has 0 saturated carbocycles. The van der Waals surface area contributed by atoms with Gasteiger partial charge in [-0.2, -0.15) is 0 Å². The quantitative estimate of drug-likeness (QED) is 0.636. The van der Waals surface area contributed by atoms with E-state index in [0.29, 0.717) is 12.4 Å². The predicted molar refractivity (Wildman–Crippen MR) is 93.8 cm³/mol. The molecular weight excluding hydrogens is 375 g/mol. The van der Waals surface area contributed by atoms with E-state index >= 15 is 0 Å². The molecule has 0 aliphatic heterocycles. The van der Waals surface area contributed by atoms with Gasteiger partial charge in [0.2, 0.25) is 0 Å². The van der Waals surface area contributed by atoms with Gasteiger partial charge >= 0.3 is 0 Å². The van der Waals surface area contributed by atoms with Gasteiger partial charge in [-0.1, -0.05) is 36.4 Å². The molecule has 0 unspecified atom stereocenters. The lowest BCUT2D eigenvalue weighted by atomic mass is 10.1. The Morgan fingerprint density at radius 3 is 2.48 bits per heavy atom. The maximum Gasteiger partial charge on any atom is 0.127 e. The minimum Gasteiger partial charge on any atom is -0.507 e. The first kappa shape index (κ1) is 14.2. The van der Waals surface area contributed by atoms with Crippen LogP contribution in [0.15, 0.2) is 54.6 Å². The summed E-state index contributed by atoms with van der Waals surface area (Å²) in [4.78, 5) is 0. The van der Waals surface area contributed by atoms with Crippen molar-refractivity contribution >= 4 is 33.4 Å². The van der Waals surface area contributed by atoms with Crippen LogP contribution >= 0.6 is 22.6 Å². The lowest BCUT2D eigenvalue weighted by molar-refractivity contribution is 0.310. The normalized spacial score (nSPS) is 10.8. The number of hydrogen-bond acceptors (Lipinski definition) is 2. The third-order valence-corrected chi connectivity index (χ3v) is 4.22. The molecule has 0 spiro atoms. The Hall–Kier alpha value is -1.75. The predicted octanol–water partition coefficient (Wildman–Crippen LogP) is 5.04. The van der Waals surface area contributed by atoms with Crippen LogP contribution < -0.4 is 4.74 Å². The van der Waals surface area contributed by atoms with Crippen molar-refractivity contribution < 1.29 is 9.84 Å². The van der Waals surface area contributed by atoms with Crippen LogP contribution in [0.1, 0.15) is 11.1 Å². The number of phenols is 1. The highest BCUT2D eigenvalue weighted by Gasteiger charge is 2.07. The zero-order chi connectivity index (χ0) is 14.8. The standard InChI is InChI=1S/C18H15IO2/c1-12-5-10-15-16(18(12)20)3-2-4-17(15)21-11-13-6-8-14(19)9-7-13/h2-10,20H,11H2,1H3. The van der Waals surface area contributed by atoms with Gasteiger partial charge in [0.15, 0.2) is 0 Å². The number of fused-ring (bicyclic) bond motifs is 1. The molecular formula is C18H15IO2. The summed E-state index contributed by atoms with van der Waals surface area (Å²) in [5, 5.41) is 11.9. The second-order valence-electron chi connectivity index (χ2n) is 5.00. The third kappa shape index (κ3) is 2.97. The number of rotatable bonds is 3. The van der Waals surface area contributed by atoms with Gasteiger partial charge in [0.05, 0.1) is 0 Å². The van der Waals surface area contributed by atoms with Crippen molar-refractivity contribution in [3.8, 4) is 11.5 Å². The van der Waals surface area contributed by atoms with Crippen LogP contribution in [0.2, 0.25) is 0 Å². The highest BCUT2D eigenvalue weighted by Crippen LogP contribution is 2.34. The lowest BCUT2D eigenvalue weighted by Gasteiger charge is -2.11. The summed E-state index contributed by atoms with van der Waals surface area (Å²) < 4.78 is 7.14. The molecule has 0 fully saturated rings. The zero-order valence-corrected chi connectivity index (χ0v) is 13.8. The van der Waals surface area contributed by atoms with Crippen molar-refractivity contribution in [2.24, 2.45) is 0 Å². The van der Waals surface area contributed by atoms with Crippen molar-refractivity contribution in [1.82, 2.24) is 0 Å². The van der Waals surface area contributed by atoms with Crippen molar-refractivity contribution in [2.45, 2.75) is 13.5 Å². The third-order valence-electron chi connectivity index (χ3n) is 3.50. The SMILES string of the molecule is Cc1ccc2c(OCc3ccc(I)cc3)cccc2c1O. The highest BCUT2D eigenvalue weighted by molar-refractivity contribution is 14.1. The maximum absolute atomic E-state index is 10.1. The van der Waals surface area contributed by atoms with Gasteiger partial charge < -0.3 is 9.84 Å². The molecule has 1 N–H and O–H groups in total. The molecule has 0 heterocycles. The average molecular weight is 390 g/mol. The van der Waals surface area contributed by atoms with Crippen molar-refractivity contribution in [3.05, 3.63) is 69.3 Å². The Bertz CT molecular complexity index is 779. The molecule has 0 aliphatic rings. The van der Waals surface area contributed by atoms with E-state index in [9.17, 15) is 5.11 Å². The van der Waals surface area contributed by atoms with E-state index in [2.05, 4.69) is 46.9 Å². The first-order valence-electron chi connectivity index (χ1n) is 6.74. The summed E-state index contributed by atoms with van der Waals surface area (Å²) >= 11 is 2.29. The fraction of sp³-hybridized carbons (Fsp3) is 0.111. The van der Waals surface area contributed by atoms with Gasteiger partial charge in [0.1, 0.15) is 18.1 Å². The van der Waals surface area contributed by atoms with Crippen LogP contribution in [0.3, 0.4) is 0 Å². The van der Waals surface area contributed by atoms with Crippen molar-refractivity contribution in [3.63, 3.8) is 0 Å². The molecule has 0 aromatic heterocycles. The monoisotopic (exact) mass is 390 g/mol. The summed E-state index contributed by atoms with van der Waals surface area (Å²) in [7, 11) is 0. The molecule has 3 aromatic rings.